The first kappa shape index (κ1) is 12.6. The molecule has 0 fully saturated rings. The Hall–Kier alpha value is -0.900. The van der Waals surface area contributed by atoms with Crippen LogP contribution in [0.25, 0.3) is 0 Å². The minimum Gasteiger partial charge on any atom is -0.312 e. The van der Waals surface area contributed by atoms with E-state index >= 15 is 0 Å². The molecular weight excluding hydrogens is 252 g/mol. The summed E-state index contributed by atoms with van der Waals surface area (Å²) in [6.45, 7) is 2.14. The first-order valence-electron chi connectivity index (χ1n) is 5.55. The van der Waals surface area contributed by atoms with Crippen LogP contribution in [0.5, 0.6) is 0 Å². The fraction of sp³-hybridized carbons (Fsp3) is 0.308. The molecule has 1 unspecified atom stereocenters. The van der Waals surface area contributed by atoms with Gasteiger partial charge in [-0.25, -0.2) is 4.98 Å². The Labute approximate surface area is 111 Å². The summed E-state index contributed by atoms with van der Waals surface area (Å²) < 4.78 is 0. The lowest BCUT2D eigenvalue weighted by molar-refractivity contribution is 0.662. The molecule has 0 bridgehead atoms. The van der Waals surface area contributed by atoms with Crippen LogP contribution in [0.2, 0.25) is 5.02 Å². The van der Waals surface area contributed by atoms with Crippen LogP contribution in [0.3, 0.4) is 0 Å². The van der Waals surface area contributed by atoms with Crippen LogP contribution in [0.4, 0.5) is 0 Å². The van der Waals surface area contributed by atoms with Crippen LogP contribution in [-0.4, -0.2) is 12.0 Å². The highest BCUT2D eigenvalue weighted by atomic mass is 35.5. The zero-order chi connectivity index (χ0) is 12.3. The lowest BCUT2D eigenvalue weighted by Crippen LogP contribution is -2.10. The van der Waals surface area contributed by atoms with Gasteiger partial charge < -0.3 is 5.32 Å². The van der Waals surface area contributed by atoms with Gasteiger partial charge >= 0.3 is 0 Å². The minimum atomic E-state index is 0.367. The molecule has 0 saturated carbocycles. The van der Waals surface area contributed by atoms with E-state index in [1.54, 1.807) is 11.3 Å². The molecule has 1 N–H and O–H groups in total. The Morgan fingerprint density at radius 1 is 1.35 bits per heavy atom. The van der Waals surface area contributed by atoms with Gasteiger partial charge in [0.05, 0.1) is 5.01 Å². The maximum atomic E-state index is 5.86. The molecule has 0 aliphatic rings. The van der Waals surface area contributed by atoms with Gasteiger partial charge in [0.1, 0.15) is 0 Å². The van der Waals surface area contributed by atoms with E-state index in [4.69, 9.17) is 11.6 Å². The van der Waals surface area contributed by atoms with Crippen LogP contribution in [0.1, 0.15) is 28.4 Å². The second-order valence-electron chi connectivity index (χ2n) is 3.97. The van der Waals surface area contributed by atoms with Crippen LogP contribution < -0.4 is 5.32 Å². The smallest absolute Gasteiger partial charge is 0.0972 e. The maximum absolute atomic E-state index is 5.86. The molecule has 0 aliphatic heterocycles. The summed E-state index contributed by atoms with van der Waals surface area (Å²) >= 11 is 7.62. The topological polar surface area (TPSA) is 24.9 Å². The lowest BCUT2D eigenvalue weighted by atomic mass is 10.2. The molecule has 2 nitrogen and oxygen atoms in total. The average molecular weight is 267 g/mol. The summed E-state index contributed by atoms with van der Waals surface area (Å²) in [4.78, 5) is 5.72. The predicted molar refractivity (Wildman–Crippen MR) is 73.8 cm³/mol. The van der Waals surface area contributed by atoms with Crippen molar-refractivity contribution in [1.82, 2.24) is 10.3 Å². The first-order valence-corrected chi connectivity index (χ1v) is 6.75. The van der Waals surface area contributed by atoms with Gasteiger partial charge in [-0.2, -0.15) is 0 Å². The zero-order valence-corrected chi connectivity index (χ0v) is 11.5. The Morgan fingerprint density at radius 2 is 2.06 bits per heavy atom. The van der Waals surface area contributed by atoms with Crippen molar-refractivity contribution in [1.29, 1.82) is 0 Å². The van der Waals surface area contributed by atoms with Crippen molar-refractivity contribution in [3.8, 4) is 0 Å². The van der Waals surface area contributed by atoms with Gasteiger partial charge in [-0.05, 0) is 31.7 Å². The van der Waals surface area contributed by atoms with Crippen molar-refractivity contribution in [2.45, 2.75) is 19.4 Å². The van der Waals surface area contributed by atoms with E-state index in [1.165, 1.54) is 10.4 Å². The summed E-state index contributed by atoms with van der Waals surface area (Å²) in [6, 6.07) is 8.30. The van der Waals surface area contributed by atoms with E-state index in [0.717, 1.165) is 16.5 Å². The summed E-state index contributed by atoms with van der Waals surface area (Å²) in [5.74, 6) is 0. The Morgan fingerprint density at radius 3 is 2.71 bits per heavy atom. The molecule has 1 atom stereocenters. The van der Waals surface area contributed by atoms with Crippen LogP contribution >= 0.6 is 22.9 Å². The monoisotopic (exact) mass is 266 g/mol. The van der Waals surface area contributed by atoms with Crippen molar-refractivity contribution in [2.75, 3.05) is 7.05 Å². The highest BCUT2D eigenvalue weighted by Gasteiger charge is 2.08. The normalized spacial score (nSPS) is 12.6. The minimum absolute atomic E-state index is 0.367. The Balaban J connectivity index is 2.08. The van der Waals surface area contributed by atoms with Gasteiger partial charge in [-0.3, -0.25) is 0 Å². The third-order valence-corrected chi connectivity index (χ3v) is 4.13. The SMILES string of the molecule is CNC(C)c1cnc(Cc2ccc(Cl)cc2)s1. The van der Waals surface area contributed by atoms with Gasteiger partial charge in [0, 0.05) is 28.6 Å². The van der Waals surface area contributed by atoms with Gasteiger partial charge in [-0.15, -0.1) is 11.3 Å². The fourth-order valence-corrected chi connectivity index (χ4v) is 2.67. The van der Waals surface area contributed by atoms with Gasteiger partial charge in [0.25, 0.3) is 0 Å². The molecule has 1 heterocycles. The number of nitrogens with zero attached hydrogens (tertiary/aromatic N) is 1. The van der Waals surface area contributed by atoms with Gasteiger partial charge in [0.2, 0.25) is 0 Å². The standard InChI is InChI=1S/C13H15ClN2S/c1-9(15-2)12-8-16-13(17-12)7-10-3-5-11(14)6-4-10/h3-6,8-9,15H,7H2,1-2H3. The van der Waals surface area contributed by atoms with E-state index in [0.29, 0.717) is 6.04 Å². The summed E-state index contributed by atoms with van der Waals surface area (Å²) in [6.07, 6.45) is 2.83. The molecule has 17 heavy (non-hydrogen) atoms. The number of hydrogen-bond donors (Lipinski definition) is 1. The largest absolute Gasteiger partial charge is 0.312 e. The van der Waals surface area contributed by atoms with E-state index in [-0.39, 0.29) is 0 Å². The van der Waals surface area contributed by atoms with E-state index in [9.17, 15) is 0 Å². The maximum Gasteiger partial charge on any atom is 0.0972 e. The van der Waals surface area contributed by atoms with Crippen LogP contribution in [0.15, 0.2) is 30.5 Å². The number of rotatable bonds is 4. The number of halogens is 1. The molecule has 90 valence electrons. The third-order valence-electron chi connectivity index (χ3n) is 2.70. The summed E-state index contributed by atoms with van der Waals surface area (Å²) in [7, 11) is 1.96. The first-order chi connectivity index (χ1) is 8.19. The average Bonchev–Trinajstić information content (AvgIpc) is 2.80. The van der Waals surface area contributed by atoms with E-state index in [2.05, 4.69) is 17.2 Å². The Bertz CT molecular complexity index is 478. The molecule has 0 amide bonds. The molecule has 0 radical (unpaired) electrons. The highest BCUT2D eigenvalue weighted by Crippen LogP contribution is 2.22. The molecule has 2 aromatic rings. The van der Waals surface area contributed by atoms with Crippen molar-refractivity contribution in [3.05, 3.63) is 50.9 Å². The van der Waals surface area contributed by atoms with Crippen molar-refractivity contribution in [2.24, 2.45) is 0 Å². The molecule has 0 aliphatic carbocycles. The number of hydrogen-bond acceptors (Lipinski definition) is 3. The quantitative estimate of drug-likeness (QED) is 0.913. The van der Waals surface area contributed by atoms with Gasteiger partial charge in [-0.1, -0.05) is 23.7 Å². The number of nitrogens with one attached hydrogen (secondary N) is 1. The van der Waals surface area contributed by atoms with Crippen LogP contribution in [0, 0.1) is 0 Å². The van der Waals surface area contributed by atoms with Crippen molar-refractivity contribution >= 4 is 22.9 Å². The highest BCUT2D eigenvalue weighted by molar-refractivity contribution is 7.11. The lowest BCUT2D eigenvalue weighted by Gasteiger charge is -2.04. The molecule has 0 saturated heterocycles. The van der Waals surface area contributed by atoms with E-state index in [1.807, 2.05) is 37.5 Å². The van der Waals surface area contributed by atoms with Crippen molar-refractivity contribution in [3.63, 3.8) is 0 Å². The van der Waals surface area contributed by atoms with E-state index < -0.39 is 0 Å². The Kier molecular flexibility index (Phi) is 4.15. The molecule has 4 heteroatoms. The van der Waals surface area contributed by atoms with Crippen LogP contribution in [-0.2, 0) is 6.42 Å². The molecule has 0 spiro atoms. The zero-order valence-electron chi connectivity index (χ0n) is 9.90. The molecule has 2 rings (SSSR count). The summed E-state index contributed by atoms with van der Waals surface area (Å²) in [5, 5.41) is 5.14. The van der Waals surface area contributed by atoms with Gasteiger partial charge in [0.15, 0.2) is 0 Å². The second kappa shape index (κ2) is 5.63. The second-order valence-corrected chi connectivity index (χ2v) is 5.55. The molecule has 1 aromatic carbocycles. The molecular formula is C13H15ClN2S. The number of aromatic nitrogens is 1. The summed E-state index contributed by atoms with van der Waals surface area (Å²) in [5.41, 5.74) is 1.24. The van der Waals surface area contributed by atoms with Crippen molar-refractivity contribution < 1.29 is 0 Å². The third kappa shape index (κ3) is 3.28. The fourth-order valence-electron chi connectivity index (χ4n) is 1.53. The molecule has 1 aromatic heterocycles. The predicted octanol–water partition coefficient (Wildman–Crippen LogP) is 3.67. The number of benzene rings is 1. The number of thiazole rings is 1.